The Morgan fingerprint density at radius 2 is 1.95 bits per heavy atom. The maximum absolute atomic E-state index is 5.58. The average molecular weight is 310 g/mol. The van der Waals surface area contributed by atoms with E-state index in [0.717, 1.165) is 15.9 Å². The third kappa shape index (κ3) is 2.46. The highest BCUT2D eigenvalue weighted by molar-refractivity contribution is 7.98. The lowest BCUT2D eigenvalue weighted by molar-refractivity contribution is 0.494. The summed E-state index contributed by atoms with van der Waals surface area (Å²) < 4.78 is 10.8. The minimum Gasteiger partial charge on any atom is -0.459 e. The molecule has 0 aliphatic heterocycles. The Bertz CT molecular complexity index is 899. The predicted octanol–water partition coefficient (Wildman–Crippen LogP) is 3.57. The van der Waals surface area contributed by atoms with Crippen LogP contribution in [0.1, 0.15) is 5.89 Å². The van der Waals surface area contributed by atoms with Crippen LogP contribution in [0.5, 0.6) is 0 Å². The van der Waals surface area contributed by atoms with Crippen molar-refractivity contribution in [3.8, 4) is 11.7 Å². The Labute approximate surface area is 129 Å². The topological polar surface area (TPSA) is 77.8 Å². The van der Waals surface area contributed by atoms with Crippen molar-refractivity contribution in [3.05, 3.63) is 54.9 Å². The minimum atomic E-state index is 0.383. The summed E-state index contributed by atoms with van der Waals surface area (Å²) in [5.74, 6) is 2.01. The van der Waals surface area contributed by atoms with Crippen LogP contribution in [0.25, 0.3) is 22.6 Å². The van der Waals surface area contributed by atoms with Gasteiger partial charge in [0.05, 0.1) is 17.5 Å². The molecule has 0 saturated heterocycles. The summed E-state index contributed by atoms with van der Waals surface area (Å²) in [7, 11) is 0. The van der Waals surface area contributed by atoms with Crippen LogP contribution in [-0.4, -0.2) is 20.2 Å². The molecule has 4 aromatic rings. The SMILES string of the molecule is c1coc(-c2nnc(CSc3ncnc4ccccc34)o2)c1. The van der Waals surface area contributed by atoms with Crippen LogP contribution >= 0.6 is 11.8 Å². The van der Waals surface area contributed by atoms with E-state index in [1.54, 1.807) is 24.7 Å². The lowest BCUT2D eigenvalue weighted by Gasteiger charge is -2.02. The molecule has 0 spiro atoms. The zero-order valence-electron chi connectivity index (χ0n) is 11.3. The maximum Gasteiger partial charge on any atom is 0.283 e. The highest BCUT2D eigenvalue weighted by atomic mass is 32.2. The van der Waals surface area contributed by atoms with Gasteiger partial charge in [0.15, 0.2) is 5.76 Å². The van der Waals surface area contributed by atoms with Gasteiger partial charge in [-0.3, -0.25) is 0 Å². The molecule has 1 aromatic carbocycles. The van der Waals surface area contributed by atoms with Gasteiger partial charge in [-0.15, -0.1) is 10.2 Å². The minimum absolute atomic E-state index is 0.383. The second kappa shape index (κ2) is 5.61. The second-order valence-electron chi connectivity index (χ2n) is 4.46. The molecule has 0 fully saturated rings. The Morgan fingerprint density at radius 3 is 2.86 bits per heavy atom. The summed E-state index contributed by atoms with van der Waals surface area (Å²) in [5.41, 5.74) is 0.918. The fourth-order valence-electron chi connectivity index (χ4n) is 2.04. The first kappa shape index (κ1) is 13.0. The molecule has 22 heavy (non-hydrogen) atoms. The molecule has 0 unspecified atom stereocenters. The molecule has 0 aliphatic carbocycles. The highest BCUT2D eigenvalue weighted by Gasteiger charge is 2.12. The summed E-state index contributed by atoms with van der Waals surface area (Å²) in [6, 6.07) is 11.4. The highest BCUT2D eigenvalue weighted by Crippen LogP contribution is 2.27. The van der Waals surface area contributed by atoms with Crippen molar-refractivity contribution in [1.82, 2.24) is 20.2 Å². The first-order valence-electron chi connectivity index (χ1n) is 6.59. The summed E-state index contributed by atoms with van der Waals surface area (Å²) in [6.45, 7) is 0. The van der Waals surface area contributed by atoms with Gasteiger partial charge in [0.1, 0.15) is 11.4 Å². The number of nitrogens with zero attached hydrogens (tertiary/aromatic N) is 4. The quantitative estimate of drug-likeness (QED) is 0.421. The number of benzene rings is 1. The zero-order chi connectivity index (χ0) is 14.8. The van der Waals surface area contributed by atoms with Crippen molar-refractivity contribution in [2.45, 2.75) is 10.8 Å². The summed E-state index contributed by atoms with van der Waals surface area (Å²) in [6.07, 6.45) is 3.13. The molecule has 3 aromatic heterocycles. The van der Waals surface area contributed by atoms with Crippen LogP contribution in [0.4, 0.5) is 0 Å². The van der Waals surface area contributed by atoms with Gasteiger partial charge in [0.25, 0.3) is 5.89 Å². The molecule has 0 radical (unpaired) electrons. The van der Waals surface area contributed by atoms with E-state index in [2.05, 4.69) is 20.2 Å². The maximum atomic E-state index is 5.58. The molecular formula is C15H10N4O2S. The Balaban J connectivity index is 1.55. The number of hydrogen-bond acceptors (Lipinski definition) is 7. The number of fused-ring (bicyclic) bond motifs is 1. The van der Waals surface area contributed by atoms with Crippen molar-refractivity contribution in [1.29, 1.82) is 0 Å². The van der Waals surface area contributed by atoms with E-state index in [1.807, 2.05) is 24.3 Å². The first-order chi connectivity index (χ1) is 10.9. The van der Waals surface area contributed by atoms with E-state index in [9.17, 15) is 0 Å². The molecule has 0 amide bonds. The number of aromatic nitrogens is 4. The number of rotatable bonds is 4. The van der Waals surface area contributed by atoms with Crippen LogP contribution in [0.2, 0.25) is 0 Å². The normalized spacial score (nSPS) is 11.1. The van der Waals surface area contributed by atoms with Gasteiger partial charge in [-0.25, -0.2) is 9.97 Å². The zero-order valence-corrected chi connectivity index (χ0v) is 12.2. The molecule has 0 aliphatic rings. The van der Waals surface area contributed by atoms with E-state index in [1.165, 1.54) is 11.8 Å². The van der Waals surface area contributed by atoms with Gasteiger partial charge in [0.2, 0.25) is 5.89 Å². The molecule has 0 saturated carbocycles. The van der Waals surface area contributed by atoms with Gasteiger partial charge in [0, 0.05) is 5.39 Å². The lowest BCUT2D eigenvalue weighted by Crippen LogP contribution is -1.88. The number of hydrogen-bond donors (Lipinski definition) is 0. The van der Waals surface area contributed by atoms with Crippen molar-refractivity contribution >= 4 is 22.7 Å². The van der Waals surface area contributed by atoms with Crippen LogP contribution < -0.4 is 0 Å². The summed E-state index contributed by atoms with van der Waals surface area (Å²) in [5, 5.41) is 9.91. The van der Waals surface area contributed by atoms with Crippen LogP contribution in [0.15, 0.2) is 62.8 Å². The lowest BCUT2D eigenvalue weighted by atomic mass is 10.2. The Kier molecular flexibility index (Phi) is 3.32. The summed E-state index contributed by atoms with van der Waals surface area (Å²) in [4.78, 5) is 8.57. The second-order valence-corrected chi connectivity index (χ2v) is 5.43. The van der Waals surface area contributed by atoms with Gasteiger partial charge >= 0.3 is 0 Å². The van der Waals surface area contributed by atoms with Crippen LogP contribution in [-0.2, 0) is 5.75 Å². The predicted molar refractivity (Wildman–Crippen MR) is 81.1 cm³/mol. The standard InChI is InChI=1S/C15H10N4O2S/c1-2-5-11-10(4-1)15(17-9-16-11)22-8-13-18-19-14(21-13)12-6-3-7-20-12/h1-7,9H,8H2. The fourth-order valence-corrected chi connectivity index (χ4v) is 2.86. The van der Waals surface area contributed by atoms with Crippen molar-refractivity contribution < 1.29 is 8.83 Å². The molecule has 6 nitrogen and oxygen atoms in total. The van der Waals surface area contributed by atoms with E-state index in [4.69, 9.17) is 8.83 Å². The van der Waals surface area contributed by atoms with E-state index < -0.39 is 0 Å². The molecular weight excluding hydrogens is 300 g/mol. The van der Waals surface area contributed by atoms with E-state index in [0.29, 0.717) is 23.3 Å². The Morgan fingerprint density at radius 1 is 1.00 bits per heavy atom. The smallest absolute Gasteiger partial charge is 0.283 e. The van der Waals surface area contributed by atoms with Gasteiger partial charge in [-0.1, -0.05) is 30.0 Å². The van der Waals surface area contributed by atoms with E-state index >= 15 is 0 Å². The molecule has 0 atom stereocenters. The van der Waals surface area contributed by atoms with Crippen molar-refractivity contribution in [2.24, 2.45) is 0 Å². The van der Waals surface area contributed by atoms with Gasteiger partial charge in [-0.2, -0.15) is 0 Å². The molecule has 108 valence electrons. The van der Waals surface area contributed by atoms with Gasteiger partial charge < -0.3 is 8.83 Å². The monoisotopic (exact) mass is 310 g/mol. The first-order valence-corrected chi connectivity index (χ1v) is 7.57. The molecule has 7 heteroatoms. The number of para-hydroxylation sites is 1. The van der Waals surface area contributed by atoms with Crippen molar-refractivity contribution in [2.75, 3.05) is 0 Å². The largest absolute Gasteiger partial charge is 0.459 e. The molecule has 4 rings (SSSR count). The number of furan rings is 1. The van der Waals surface area contributed by atoms with E-state index in [-0.39, 0.29) is 0 Å². The number of thioether (sulfide) groups is 1. The summed E-state index contributed by atoms with van der Waals surface area (Å²) >= 11 is 1.54. The third-order valence-electron chi connectivity index (χ3n) is 3.04. The molecule has 3 heterocycles. The van der Waals surface area contributed by atoms with Gasteiger partial charge in [-0.05, 0) is 18.2 Å². The molecule has 0 N–H and O–H groups in total. The molecule has 0 bridgehead atoms. The third-order valence-corrected chi connectivity index (χ3v) is 4.03. The van der Waals surface area contributed by atoms with Crippen LogP contribution in [0, 0.1) is 0 Å². The Hall–Kier alpha value is -2.67. The van der Waals surface area contributed by atoms with Crippen molar-refractivity contribution in [3.63, 3.8) is 0 Å². The van der Waals surface area contributed by atoms with Crippen LogP contribution in [0.3, 0.4) is 0 Å². The average Bonchev–Trinajstić information content (AvgIpc) is 3.24. The fraction of sp³-hybridized carbons (Fsp3) is 0.0667.